The molecule has 1 aromatic carbocycles. The molecule has 0 radical (unpaired) electrons. The molecule has 0 unspecified atom stereocenters. The topological polar surface area (TPSA) is 12.5 Å². The third-order valence-electron chi connectivity index (χ3n) is 2.21. The van der Waals surface area contributed by atoms with E-state index in [1.165, 1.54) is 17.7 Å². The van der Waals surface area contributed by atoms with Gasteiger partial charge in [-0.1, -0.05) is 26.3 Å². The molecule has 0 aromatic heterocycles. The summed E-state index contributed by atoms with van der Waals surface area (Å²) in [6.45, 7) is 8.13. The van der Waals surface area contributed by atoms with Gasteiger partial charge in [0, 0.05) is 7.05 Å². The van der Waals surface area contributed by atoms with E-state index >= 15 is 0 Å². The van der Waals surface area contributed by atoms with Crippen LogP contribution < -0.4 is 9.64 Å². The first-order valence-electron chi connectivity index (χ1n) is 5.63. The van der Waals surface area contributed by atoms with E-state index in [0.29, 0.717) is 0 Å². The fourth-order valence-electron chi connectivity index (χ4n) is 1.46. The molecule has 1 aliphatic heterocycles. The number of rotatable bonds is 0. The van der Waals surface area contributed by atoms with Gasteiger partial charge in [-0.2, -0.15) is 0 Å². The second-order valence-electron chi connectivity index (χ2n) is 3.95. The van der Waals surface area contributed by atoms with Crippen molar-refractivity contribution in [1.82, 2.24) is 0 Å². The average Bonchev–Trinajstić information content (AvgIpc) is 2.21. The number of hydrogen-bond donors (Lipinski definition) is 0. The summed E-state index contributed by atoms with van der Waals surface area (Å²) >= 11 is 0. The number of fused-ring (bicyclic) bond motifs is 1. The summed E-state index contributed by atoms with van der Waals surface area (Å²) in [5.74, 6) is 1.01. The van der Waals surface area contributed by atoms with Gasteiger partial charge in [-0.05, 0) is 24.6 Å². The van der Waals surface area contributed by atoms with Crippen LogP contribution in [0.3, 0.4) is 0 Å². The first-order chi connectivity index (χ1) is 7.19. The Hall–Kier alpha value is -1.18. The number of anilines is 1. The standard InChI is InChI=1S/C10H13NO.C3H8/c1-8-3-4-10-9(7-8)11(2)5-6-12-10;1-3-2/h3-4,7H,5-6H2,1-2H3;3H2,1-2H3. The number of nitrogens with zero attached hydrogens (tertiary/aromatic N) is 1. The highest BCUT2D eigenvalue weighted by Gasteiger charge is 2.13. The molecule has 0 fully saturated rings. The lowest BCUT2D eigenvalue weighted by Crippen LogP contribution is -2.28. The molecule has 2 heteroatoms. The molecule has 2 rings (SSSR count). The zero-order chi connectivity index (χ0) is 11.3. The molecule has 0 bridgehead atoms. The number of benzene rings is 1. The summed E-state index contributed by atoms with van der Waals surface area (Å²) in [6.07, 6.45) is 1.25. The van der Waals surface area contributed by atoms with Gasteiger partial charge in [0.25, 0.3) is 0 Å². The van der Waals surface area contributed by atoms with Gasteiger partial charge in [-0.3, -0.25) is 0 Å². The van der Waals surface area contributed by atoms with Crippen molar-refractivity contribution in [3.63, 3.8) is 0 Å². The van der Waals surface area contributed by atoms with Crippen LogP contribution in [0.2, 0.25) is 0 Å². The van der Waals surface area contributed by atoms with Crippen molar-refractivity contribution in [2.75, 3.05) is 25.1 Å². The highest BCUT2D eigenvalue weighted by Crippen LogP contribution is 2.30. The van der Waals surface area contributed by atoms with Crippen molar-refractivity contribution in [1.29, 1.82) is 0 Å². The van der Waals surface area contributed by atoms with E-state index in [0.717, 1.165) is 18.9 Å². The minimum Gasteiger partial charge on any atom is -0.490 e. The van der Waals surface area contributed by atoms with Crippen molar-refractivity contribution in [3.05, 3.63) is 23.8 Å². The second kappa shape index (κ2) is 5.64. The molecule has 15 heavy (non-hydrogen) atoms. The maximum atomic E-state index is 5.51. The highest BCUT2D eigenvalue weighted by atomic mass is 16.5. The van der Waals surface area contributed by atoms with Crippen LogP contribution in [0.25, 0.3) is 0 Å². The van der Waals surface area contributed by atoms with Crippen molar-refractivity contribution >= 4 is 5.69 Å². The molecule has 0 atom stereocenters. The van der Waals surface area contributed by atoms with E-state index in [2.05, 4.69) is 44.9 Å². The van der Waals surface area contributed by atoms with Gasteiger partial charge >= 0.3 is 0 Å². The van der Waals surface area contributed by atoms with Gasteiger partial charge < -0.3 is 9.64 Å². The predicted octanol–water partition coefficient (Wildman–Crippen LogP) is 3.24. The first-order valence-corrected chi connectivity index (χ1v) is 5.63. The molecular formula is C13H21NO. The Morgan fingerprint density at radius 3 is 2.67 bits per heavy atom. The van der Waals surface area contributed by atoms with E-state index < -0.39 is 0 Å². The SMILES string of the molecule is CCC.Cc1ccc2c(c1)N(C)CCO2. The molecule has 0 N–H and O–H groups in total. The van der Waals surface area contributed by atoms with E-state index in [1.807, 2.05) is 6.07 Å². The largest absolute Gasteiger partial charge is 0.490 e. The second-order valence-corrected chi connectivity index (χ2v) is 3.95. The quantitative estimate of drug-likeness (QED) is 0.647. The number of aryl methyl sites for hydroxylation is 1. The van der Waals surface area contributed by atoms with Gasteiger partial charge in [0.1, 0.15) is 12.4 Å². The summed E-state index contributed by atoms with van der Waals surface area (Å²) in [5, 5.41) is 0. The van der Waals surface area contributed by atoms with Crippen molar-refractivity contribution < 1.29 is 4.74 Å². The van der Waals surface area contributed by atoms with Crippen LogP contribution in [0.1, 0.15) is 25.8 Å². The average molecular weight is 207 g/mol. The van der Waals surface area contributed by atoms with Crippen LogP contribution in [0.4, 0.5) is 5.69 Å². The minimum atomic E-state index is 0.798. The van der Waals surface area contributed by atoms with Crippen molar-refractivity contribution in [3.8, 4) is 5.75 Å². The summed E-state index contributed by atoms with van der Waals surface area (Å²) < 4.78 is 5.51. The molecule has 1 heterocycles. The van der Waals surface area contributed by atoms with Gasteiger partial charge in [0.05, 0.1) is 12.2 Å². The number of hydrogen-bond acceptors (Lipinski definition) is 2. The van der Waals surface area contributed by atoms with E-state index in [-0.39, 0.29) is 0 Å². The lowest BCUT2D eigenvalue weighted by atomic mass is 10.2. The van der Waals surface area contributed by atoms with Crippen molar-refractivity contribution in [2.24, 2.45) is 0 Å². The smallest absolute Gasteiger partial charge is 0.142 e. The van der Waals surface area contributed by atoms with E-state index in [4.69, 9.17) is 4.74 Å². The summed E-state index contributed by atoms with van der Waals surface area (Å²) in [4.78, 5) is 2.23. The number of likely N-dealkylation sites (N-methyl/N-ethyl adjacent to an activating group) is 1. The predicted molar refractivity (Wildman–Crippen MR) is 65.9 cm³/mol. The van der Waals surface area contributed by atoms with Gasteiger partial charge in [0.15, 0.2) is 0 Å². The van der Waals surface area contributed by atoms with Crippen LogP contribution >= 0.6 is 0 Å². The molecule has 1 aromatic rings. The summed E-state index contributed by atoms with van der Waals surface area (Å²) in [7, 11) is 2.10. The molecule has 0 aliphatic carbocycles. The van der Waals surface area contributed by atoms with Gasteiger partial charge in [-0.15, -0.1) is 0 Å². The molecule has 0 saturated heterocycles. The fraction of sp³-hybridized carbons (Fsp3) is 0.538. The Morgan fingerprint density at radius 2 is 2.00 bits per heavy atom. The number of ether oxygens (including phenoxy) is 1. The Bertz CT molecular complexity index is 309. The lowest BCUT2D eigenvalue weighted by Gasteiger charge is -2.27. The summed E-state index contributed by atoms with van der Waals surface area (Å²) in [6, 6.07) is 6.28. The van der Waals surface area contributed by atoms with Crippen molar-refractivity contribution in [2.45, 2.75) is 27.2 Å². The van der Waals surface area contributed by atoms with Crippen LogP contribution in [-0.4, -0.2) is 20.2 Å². The molecule has 1 aliphatic rings. The van der Waals surface area contributed by atoms with E-state index in [9.17, 15) is 0 Å². The van der Waals surface area contributed by atoms with Crippen LogP contribution in [0.5, 0.6) is 5.75 Å². The Balaban J connectivity index is 0.000000337. The zero-order valence-corrected chi connectivity index (χ0v) is 10.2. The van der Waals surface area contributed by atoms with Crippen LogP contribution in [0.15, 0.2) is 18.2 Å². The monoisotopic (exact) mass is 207 g/mol. The van der Waals surface area contributed by atoms with Gasteiger partial charge in [-0.25, -0.2) is 0 Å². The lowest BCUT2D eigenvalue weighted by molar-refractivity contribution is 0.311. The normalized spacial score (nSPS) is 13.5. The highest BCUT2D eigenvalue weighted by molar-refractivity contribution is 5.60. The van der Waals surface area contributed by atoms with Crippen LogP contribution in [0, 0.1) is 6.92 Å². The molecule has 0 spiro atoms. The third-order valence-corrected chi connectivity index (χ3v) is 2.21. The molecular weight excluding hydrogens is 186 g/mol. The maximum Gasteiger partial charge on any atom is 0.142 e. The Morgan fingerprint density at radius 1 is 1.33 bits per heavy atom. The minimum absolute atomic E-state index is 0.798. The molecule has 84 valence electrons. The fourth-order valence-corrected chi connectivity index (χ4v) is 1.46. The van der Waals surface area contributed by atoms with Crippen LogP contribution in [-0.2, 0) is 0 Å². The van der Waals surface area contributed by atoms with Gasteiger partial charge in [0.2, 0.25) is 0 Å². The zero-order valence-electron chi connectivity index (χ0n) is 10.2. The molecule has 0 saturated carbocycles. The summed E-state index contributed by atoms with van der Waals surface area (Å²) in [5.41, 5.74) is 2.49. The maximum absolute atomic E-state index is 5.51. The molecule has 0 amide bonds. The first kappa shape index (κ1) is 11.9. The third kappa shape index (κ3) is 3.15. The van der Waals surface area contributed by atoms with E-state index in [1.54, 1.807) is 0 Å². The Labute approximate surface area is 92.9 Å². The Kier molecular flexibility index (Phi) is 4.47. The molecule has 2 nitrogen and oxygen atoms in total.